The lowest BCUT2D eigenvalue weighted by atomic mass is 10.0. The number of rotatable bonds is 1. The highest BCUT2D eigenvalue weighted by Gasteiger charge is 2.06. The average molecular weight is 401 g/mol. The van der Waals surface area contributed by atoms with E-state index in [1.165, 1.54) is 38.6 Å². The van der Waals surface area contributed by atoms with Gasteiger partial charge in [0.1, 0.15) is 0 Å². The van der Waals surface area contributed by atoms with E-state index in [1.54, 1.807) is 0 Å². The predicted molar refractivity (Wildman–Crippen MR) is 136 cm³/mol. The normalized spacial score (nSPS) is 11.1. The second-order valence-electron chi connectivity index (χ2n) is 8.04. The van der Waals surface area contributed by atoms with Crippen molar-refractivity contribution in [3.05, 3.63) is 132 Å². The van der Waals surface area contributed by atoms with Crippen molar-refractivity contribution in [2.45, 2.75) is 19.8 Å². The van der Waals surface area contributed by atoms with Crippen LogP contribution in [0.3, 0.4) is 0 Å². The van der Waals surface area contributed by atoms with Crippen LogP contribution in [-0.2, 0) is 0 Å². The van der Waals surface area contributed by atoms with Gasteiger partial charge in [0.2, 0.25) is 0 Å². The minimum Gasteiger partial charge on any atom is -0.0622 e. The van der Waals surface area contributed by atoms with Crippen molar-refractivity contribution in [2.24, 2.45) is 0 Å². The summed E-state index contributed by atoms with van der Waals surface area (Å²) in [5.41, 5.74) is 6.73. The Balaban J connectivity index is 0.000000114. The molecule has 0 radical (unpaired) electrons. The van der Waals surface area contributed by atoms with Crippen molar-refractivity contribution >= 4 is 22.9 Å². The van der Waals surface area contributed by atoms with Crippen molar-refractivity contribution in [1.29, 1.82) is 0 Å². The van der Waals surface area contributed by atoms with Gasteiger partial charge in [0, 0.05) is 0 Å². The molecule has 0 atom stereocenters. The lowest BCUT2D eigenvalue weighted by Gasteiger charge is -2.01. The molecule has 0 unspecified atom stereocenters. The summed E-state index contributed by atoms with van der Waals surface area (Å²) in [4.78, 5) is 0. The summed E-state index contributed by atoms with van der Waals surface area (Å²) in [7, 11) is 0. The molecule has 0 saturated carbocycles. The van der Waals surface area contributed by atoms with Crippen molar-refractivity contribution in [2.75, 3.05) is 0 Å². The first kappa shape index (κ1) is 20.6. The zero-order chi connectivity index (χ0) is 21.5. The summed E-state index contributed by atoms with van der Waals surface area (Å²) in [6.07, 6.45) is 4.36. The maximum atomic E-state index is 2.20. The van der Waals surface area contributed by atoms with E-state index < -0.39 is 0 Å². The fourth-order valence-corrected chi connectivity index (χ4v) is 3.83. The van der Waals surface area contributed by atoms with Gasteiger partial charge >= 0.3 is 0 Å². The predicted octanol–water partition coefficient (Wildman–Crippen LogP) is 8.93. The molecule has 0 spiro atoms. The Bertz CT molecular complexity index is 1180. The maximum absolute atomic E-state index is 2.20. The van der Waals surface area contributed by atoms with E-state index in [2.05, 4.69) is 129 Å². The van der Waals surface area contributed by atoms with Crippen molar-refractivity contribution in [3.63, 3.8) is 0 Å². The van der Waals surface area contributed by atoms with Crippen LogP contribution in [0.1, 0.15) is 36.5 Å². The van der Waals surface area contributed by atoms with Crippen LogP contribution in [0.5, 0.6) is 0 Å². The zero-order valence-electron chi connectivity index (χ0n) is 18.2. The monoisotopic (exact) mass is 400 g/mol. The molecule has 0 amide bonds. The summed E-state index contributed by atoms with van der Waals surface area (Å²) >= 11 is 0. The van der Waals surface area contributed by atoms with Gasteiger partial charge in [-0.15, -0.1) is 0 Å². The van der Waals surface area contributed by atoms with Crippen LogP contribution in [0.15, 0.2) is 115 Å². The van der Waals surface area contributed by atoms with Crippen LogP contribution in [0.2, 0.25) is 0 Å². The summed E-state index contributed by atoms with van der Waals surface area (Å²) in [5, 5.41) is 2.75. The summed E-state index contributed by atoms with van der Waals surface area (Å²) in [5.74, 6) is 0.659. The largest absolute Gasteiger partial charge is 0.0622 e. The number of fused-ring (bicyclic) bond motifs is 1. The van der Waals surface area contributed by atoms with Crippen LogP contribution < -0.4 is 0 Å². The van der Waals surface area contributed by atoms with Gasteiger partial charge in [-0.05, 0) is 44.5 Å². The first-order valence-electron chi connectivity index (χ1n) is 10.9. The topological polar surface area (TPSA) is 0 Å². The van der Waals surface area contributed by atoms with Gasteiger partial charge in [-0.25, -0.2) is 0 Å². The van der Waals surface area contributed by atoms with Crippen LogP contribution in [0, 0.1) is 0 Å². The molecule has 152 valence electrons. The summed E-state index contributed by atoms with van der Waals surface area (Å²) in [6, 6.07) is 40.1. The van der Waals surface area contributed by atoms with Crippen LogP contribution in [0.25, 0.3) is 34.1 Å². The molecule has 3 aliphatic carbocycles. The Morgan fingerprint density at radius 1 is 0.452 bits per heavy atom. The third kappa shape index (κ3) is 5.10. The highest BCUT2D eigenvalue weighted by molar-refractivity contribution is 6.04. The molecule has 3 aromatic carbocycles. The van der Waals surface area contributed by atoms with E-state index in [9.17, 15) is 0 Å². The second kappa shape index (κ2) is 9.91. The number of benzene rings is 3. The first-order valence-corrected chi connectivity index (χ1v) is 10.9. The number of hydrogen-bond donors (Lipinski definition) is 0. The van der Waals surface area contributed by atoms with Gasteiger partial charge in [0.05, 0.1) is 0 Å². The van der Waals surface area contributed by atoms with E-state index in [-0.39, 0.29) is 0 Å². The van der Waals surface area contributed by atoms with E-state index in [0.29, 0.717) is 5.92 Å². The molecule has 0 N–H and O–H groups in total. The van der Waals surface area contributed by atoms with Gasteiger partial charge in [-0.3, -0.25) is 0 Å². The van der Waals surface area contributed by atoms with Crippen LogP contribution in [-0.4, -0.2) is 0 Å². The SMILES string of the molecule is C1=Cc2cccc3cccc1c23.CC(C)c1ccccc1.c1ccc2cccc-2cc1. The minimum atomic E-state index is 0.659. The molecule has 0 fully saturated rings. The van der Waals surface area contributed by atoms with Crippen molar-refractivity contribution in [1.82, 2.24) is 0 Å². The molecular weight excluding hydrogens is 372 g/mol. The van der Waals surface area contributed by atoms with Gasteiger partial charge in [-0.1, -0.05) is 141 Å². The highest BCUT2D eigenvalue weighted by Crippen LogP contribution is 2.30. The van der Waals surface area contributed by atoms with E-state index >= 15 is 0 Å². The molecule has 0 bridgehead atoms. The molecule has 3 aromatic rings. The standard InChI is InChI=1S/C12H8.C10H8.C9H12/c1-3-9-4-2-6-11-8-7-10(5-1)12(9)11;1-2-5-9-7-4-8-10(9)6-3-1;1-8(2)9-6-4-3-5-7-9/h1-8H;1-8H;3-8H,1-2H3. The zero-order valence-corrected chi connectivity index (χ0v) is 18.2. The molecule has 31 heavy (non-hydrogen) atoms. The number of hydrogen-bond acceptors (Lipinski definition) is 0. The quantitative estimate of drug-likeness (QED) is 0.258. The maximum Gasteiger partial charge on any atom is -0.00389 e. The molecule has 0 aliphatic heterocycles. The third-order valence-electron chi connectivity index (χ3n) is 5.54. The minimum absolute atomic E-state index is 0.659. The van der Waals surface area contributed by atoms with E-state index in [4.69, 9.17) is 0 Å². The van der Waals surface area contributed by atoms with Gasteiger partial charge in [0.15, 0.2) is 0 Å². The second-order valence-corrected chi connectivity index (χ2v) is 8.04. The highest BCUT2D eigenvalue weighted by atomic mass is 14.1. The fraction of sp³-hybridized carbons (Fsp3) is 0.0968. The van der Waals surface area contributed by atoms with E-state index in [1.807, 2.05) is 12.1 Å². The van der Waals surface area contributed by atoms with Crippen LogP contribution >= 0.6 is 0 Å². The van der Waals surface area contributed by atoms with Crippen molar-refractivity contribution in [3.8, 4) is 11.1 Å². The van der Waals surface area contributed by atoms with Crippen LogP contribution in [0.4, 0.5) is 0 Å². The first-order chi connectivity index (χ1) is 15.2. The molecule has 3 aliphatic rings. The average Bonchev–Trinajstić information content (AvgIpc) is 3.38. The summed E-state index contributed by atoms with van der Waals surface area (Å²) < 4.78 is 0. The Morgan fingerprint density at radius 3 is 1.39 bits per heavy atom. The lowest BCUT2D eigenvalue weighted by molar-refractivity contribution is 0.867. The Hall–Kier alpha value is -3.64. The molecule has 0 heteroatoms. The molecule has 0 aromatic heterocycles. The molecule has 6 rings (SSSR count). The smallest absolute Gasteiger partial charge is 0.00389 e. The molecule has 0 saturated heterocycles. The molecular formula is C31H28. The van der Waals surface area contributed by atoms with Crippen molar-refractivity contribution < 1.29 is 0 Å². The Kier molecular flexibility index (Phi) is 6.59. The lowest BCUT2D eigenvalue weighted by Crippen LogP contribution is -1.83. The Morgan fingerprint density at radius 2 is 0.903 bits per heavy atom. The molecule has 0 heterocycles. The Labute approximate surface area is 185 Å². The third-order valence-corrected chi connectivity index (χ3v) is 5.54. The molecule has 0 nitrogen and oxygen atoms in total. The summed E-state index contributed by atoms with van der Waals surface area (Å²) in [6.45, 7) is 4.41. The van der Waals surface area contributed by atoms with E-state index in [0.717, 1.165) is 0 Å². The van der Waals surface area contributed by atoms with Gasteiger partial charge in [0.25, 0.3) is 0 Å². The van der Waals surface area contributed by atoms with Gasteiger partial charge < -0.3 is 0 Å². The fourth-order valence-electron chi connectivity index (χ4n) is 3.83. The van der Waals surface area contributed by atoms with Gasteiger partial charge in [-0.2, -0.15) is 0 Å².